The van der Waals surface area contributed by atoms with Crippen molar-refractivity contribution < 1.29 is 14.7 Å². The van der Waals surface area contributed by atoms with Gasteiger partial charge in [0.2, 0.25) is 5.91 Å². The van der Waals surface area contributed by atoms with Crippen molar-refractivity contribution in [1.82, 2.24) is 0 Å². The second-order valence-electron chi connectivity index (χ2n) is 5.08. The van der Waals surface area contributed by atoms with E-state index in [-0.39, 0.29) is 5.91 Å². The van der Waals surface area contributed by atoms with Crippen LogP contribution < -0.4 is 4.90 Å². The molecule has 1 amide bonds. The highest BCUT2D eigenvalue weighted by Gasteiger charge is 2.59. The van der Waals surface area contributed by atoms with Gasteiger partial charge in [-0.05, 0) is 37.3 Å². The zero-order valence-electron chi connectivity index (χ0n) is 10.1. The Labute approximate surface area is 105 Å². The fourth-order valence-corrected chi connectivity index (χ4v) is 2.65. The number of carbonyl (C=O) groups is 2. The molecule has 1 saturated carbocycles. The topological polar surface area (TPSA) is 57.6 Å². The van der Waals surface area contributed by atoms with Crippen LogP contribution >= 0.6 is 0 Å². The molecule has 1 N–H and O–H groups in total. The first kappa shape index (κ1) is 11.3. The maximum absolute atomic E-state index is 12.4. The minimum absolute atomic E-state index is 0.234. The molecule has 0 radical (unpaired) electrons. The monoisotopic (exact) mass is 245 g/mol. The Bertz CT molecular complexity index is 520. The van der Waals surface area contributed by atoms with Gasteiger partial charge in [-0.3, -0.25) is 9.59 Å². The number of para-hydroxylation sites is 1. The standard InChI is InChI=1S/C14H15NO3/c16-12(14(7-8-14)13(17)18)15-9-3-5-10-4-1-2-6-11(10)15/h1-2,4,6H,3,5,7-9H2,(H,17,18). The maximum Gasteiger partial charge on any atom is 0.319 e. The molecule has 4 nitrogen and oxygen atoms in total. The van der Waals surface area contributed by atoms with Crippen LogP contribution in [0.4, 0.5) is 5.69 Å². The number of carboxylic acid groups (broad SMARTS) is 1. The number of aliphatic carboxylic acids is 1. The largest absolute Gasteiger partial charge is 0.480 e. The molecule has 1 aliphatic carbocycles. The normalized spacial score (nSPS) is 20.1. The lowest BCUT2D eigenvalue weighted by molar-refractivity contribution is -0.148. The van der Waals surface area contributed by atoms with E-state index in [1.165, 1.54) is 0 Å². The van der Waals surface area contributed by atoms with Crippen LogP contribution in [0.3, 0.4) is 0 Å². The van der Waals surface area contributed by atoms with Crippen LogP contribution in [0.15, 0.2) is 24.3 Å². The lowest BCUT2D eigenvalue weighted by Crippen LogP contribution is -2.43. The third-order valence-corrected chi connectivity index (χ3v) is 3.92. The molecule has 2 aliphatic rings. The van der Waals surface area contributed by atoms with Crippen molar-refractivity contribution in [2.75, 3.05) is 11.4 Å². The van der Waals surface area contributed by atoms with Crippen LogP contribution in [-0.4, -0.2) is 23.5 Å². The summed E-state index contributed by atoms with van der Waals surface area (Å²) in [5.74, 6) is -1.21. The molecule has 18 heavy (non-hydrogen) atoms. The van der Waals surface area contributed by atoms with Gasteiger partial charge in [0.1, 0.15) is 5.41 Å². The number of nitrogens with zero attached hydrogens (tertiary/aromatic N) is 1. The molecule has 0 aromatic heterocycles. The third kappa shape index (κ3) is 1.52. The Morgan fingerprint density at radius 3 is 2.61 bits per heavy atom. The highest BCUT2D eigenvalue weighted by atomic mass is 16.4. The molecule has 0 spiro atoms. The fraction of sp³-hybridized carbons (Fsp3) is 0.429. The second-order valence-corrected chi connectivity index (χ2v) is 5.08. The van der Waals surface area contributed by atoms with E-state index in [0.717, 1.165) is 24.1 Å². The van der Waals surface area contributed by atoms with E-state index < -0.39 is 11.4 Å². The number of carbonyl (C=O) groups excluding carboxylic acids is 1. The number of amides is 1. The van der Waals surface area contributed by atoms with Gasteiger partial charge in [0.25, 0.3) is 0 Å². The summed E-state index contributed by atoms with van der Waals surface area (Å²) in [6.45, 7) is 0.630. The summed E-state index contributed by atoms with van der Waals surface area (Å²) in [7, 11) is 0. The molecule has 1 fully saturated rings. The highest BCUT2D eigenvalue weighted by molar-refractivity contribution is 6.12. The first-order valence-electron chi connectivity index (χ1n) is 6.28. The van der Waals surface area contributed by atoms with Crippen molar-refractivity contribution in [3.63, 3.8) is 0 Å². The maximum atomic E-state index is 12.4. The minimum Gasteiger partial charge on any atom is -0.480 e. The van der Waals surface area contributed by atoms with Gasteiger partial charge in [-0.2, -0.15) is 0 Å². The number of aryl methyl sites for hydroxylation is 1. The van der Waals surface area contributed by atoms with Crippen molar-refractivity contribution in [2.24, 2.45) is 5.41 Å². The van der Waals surface area contributed by atoms with Crippen molar-refractivity contribution in [2.45, 2.75) is 25.7 Å². The quantitative estimate of drug-likeness (QED) is 0.809. The van der Waals surface area contributed by atoms with E-state index in [2.05, 4.69) is 0 Å². The number of benzene rings is 1. The molecule has 1 aromatic rings. The minimum atomic E-state index is -1.13. The van der Waals surface area contributed by atoms with Gasteiger partial charge in [-0.1, -0.05) is 18.2 Å². The molecule has 3 rings (SSSR count). The van der Waals surface area contributed by atoms with Crippen LogP contribution in [0.1, 0.15) is 24.8 Å². The van der Waals surface area contributed by atoms with E-state index in [1.807, 2.05) is 24.3 Å². The van der Waals surface area contributed by atoms with Gasteiger partial charge >= 0.3 is 5.97 Å². The van der Waals surface area contributed by atoms with Gasteiger partial charge in [0.15, 0.2) is 0 Å². The number of hydrogen-bond donors (Lipinski definition) is 1. The summed E-state index contributed by atoms with van der Waals surface area (Å²) in [4.78, 5) is 25.3. The molecule has 1 heterocycles. The summed E-state index contributed by atoms with van der Waals surface area (Å²) in [5, 5.41) is 9.21. The highest BCUT2D eigenvalue weighted by Crippen LogP contribution is 2.48. The average molecular weight is 245 g/mol. The molecule has 1 aromatic carbocycles. The summed E-state index contributed by atoms with van der Waals surface area (Å²) in [6.07, 6.45) is 2.80. The molecule has 94 valence electrons. The van der Waals surface area contributed by atoms with Crippen LogP contribution in [0.2, 0.25) is 0 Å². The van der Waals surface area contributed by atoms with E-state index in [1.54, 1.807) is 4.90 Å². The molecule has 0 atom stereocenters. The van der Waals surface area contributed by atoms with Crippen molar-refractivity contribution >= 4 is 17.6 Å². The summed E-state index contributed by atoms with van der Waals surface area (Å²) in [5.41, 5.74) is 0.893. The fourth-order valence-electron chi connectivity index (χ4n) is 2.65. The van der Waals surface area contributed by atoms with Gasteiger partial charge in [-0.25, -0.2) is 0 Å². The Morgan fingerprint density at radius 1 is 1.22 bits per heavy atom. The predicted molar refractivity (Wildman–Crippen MR) is 66.4 cm³/mol. The Balaban J connectivity index is 1.95. The second kappa shape index (κ2) is 3.83. The molecular formula is C14H15NO3. The summed E-state index contributed by atoms with van der Waals surface area (Å²) >= 11 is 0. The van der Waals surface area contributed by atoms with Crippen molar-refractivity contribution in [1.29, 1.82) is 0 Å². The van der Waals surface area contributed by atoms with Gasteiger partial charge in [-0.15, -0.1) is 0 Å². The molecule has 4 heteroatoms. The van der Waals surface area contributed by atoms with Crippen LogP contribution in [0.25, 0.3) is 0 Å². The third-order valence-electron chi connectivity index (χ3n) is 3.92. The van der Waals surface area contributed by atoms with Crippen LogP contribution in [-0.2, 0) is 16.0 Å². The zero-order chi connectivity index (χ0) is 12.8. The van der Waals surface area contributed by atoms with Gasteiger partial charge in [0, 0.05) is 12.2 Å². The lowest BCUT2D eigenvalue weighted by atomic mass is 9.98. The smallest absolute Gasteiger partial charge is 0.319 e. The number of carboxylic acids is 1. The Hall–Kier alpha value is -1.84. The number of fused-ring (bicyclic) bond motifs is 1. The Kier molecular flexibility index (Phi) is 2.40. The lowest BCUT2D eigenvalue weighted by Gasteiger charge is -2.31. The van der Waals surface area contributed by atoms with Gasteiger partial charge < -0.3 is 10.0 Å². The SMILES string of the molecule is O=C(O)C1(C(=O)N2CCCc3ccccc32)CC1. The van der Waals surface area contributed by atoms with E-state index in [9.17, 15) is 14.7 Å². The molecule has 0 bridgehead atoms. The Morgan fingerprint density at radius 2 is 1.94 bits per heavy atom. The van der Waals surface area contributed by atoms with Crippen molar-refractivity contribution in [3.8, 4) is 0 Å². The molecular weight excluding hydrogens is 230 g/mol. The first-order chi connectivity index (χ1) is 8.65. The van der Waals surface area contributed by atoms with Crippen molar-refractivity contribution in [3.05, 3.63) is 29.8 Å². The number of anilines is 1. The number of rotatable bonds is 2. The van der Waals surface area contributed by atoms with Crippen LogP contribution in [0.5, 0.6) is 0 Å². The summed E-state index contributed by atoms with van der Waals surface area (Å²) in [6, 6.07) is 7.76. The molecule has 0 unspecified atom stereocenters. The predicted octanol–water partition coefficient (Wildman–Crippen LogP) is 1.83. The summed E-state index contributed by atoms with van der Waals surface area (Å²) < 4.78 is 0. The van der Waals surface area contributed by atoms with E-state index in [0.29, 0.717) is 19.4 Å². The first-order valence-corrected chi connectivity index (χ1v) is 6.28. The van der Waals surface area contributed by atoms with Gasteiger partial charge in [0.05, 0.1) is 0 Å². The van der Waals surface area contributed by atoms with E-state index in [4.69, 9.17) is 0 Å². The van der Waals surface area contributed by atoms with Crippen LogP contribution in [0, 0.1) is 5.41 Å². The molecule has 1 aliphatic heterocycles. The average Bonchev–Trinajstić information content (AvgIpc) is 3.19. The number of hydrogen-bond acceptors (Lipinski definition) is 2. The van der Waals surface area contributed by atoms with E-state index >= 15 is 0 Å². The zero-order valence-corrected chi connectivity index (χ0v) is 10.1. The molecule has 0 saturated heterocycles.